The summed E-state index contributed by atoms with van der Waals surface area (Å²) in [5, 5.41) is 3.07. The van der Waals surface area contributed by atoms with Crippen molar-refractivity contribution >= 4 is 27.6 Å². The van der Waals surface area contributed by atoms with Gasteiger partial charge >= 0.3 is 0 Å². The van der Waals surface area contributed by atoms with E-state index in [0.717, 1.165) is 29.8 Å². The minimum Gasteiger partial charge on any atom is -0.399 e. The number of aryl methyl sites for hydroxylation is 3. The average molecular weight is 589 g/mol. The molecule has 0 atom stereocenters. The number of benzene rings is 3. The predicted octanol–water partition coefficient (Wildman–Crippen LogP) is 4.55. The fraction of sp³-hybridized carbons (Fsp3) is 0.312. The zero-order valence-corrected chi connectivity index (χ0v) is 25.6. The van der Waals surface area contributed by atoms with Gasteiger partial charge in [-0.25, -0.2) is 13.1 Å². The van der Waals surface area contributed by atoms with Crippen LogP contribution in [0.5, 0.6) is 0 Å². The first-order chi connectivity index (χ1) is 20.1. The van der Waals surface area contributed by atoms with Crippen molar-refractivity contribution in [2.24, 2.45) is 4.99 Å². The van der Waals surface area contributed by atoms with Gasteiger partial charge in [0.2, 0.25) is 10.0 Å². The molecule has 3 N–H and O–H groups in total. The summed E-state index contributed by atoms with van der Waals surface area (Å²) >= 11 is 0. The van der Waals surface area contributed by atoms with E-state index >= 15 is 0 Å². The molecular formula is C32H40N6O3S. The van der Waals surface area contributed by atoms with Gasteiger partial charge in [-0.3, -0.25) is 14.9 Å². The molecule has 0 saturated carbocycles. The van der Waals surface area contributed by atoms with Gasteiger partial charge in [0, 0.05) is 43.8 Å². The number of H-pyrrole nitrogens is 1. The number of rotatable bonds is 7. The highest BCUT2D eigenvalue weighted by Gasteiger charge is 2.27. The Hall–Kier alpha value is -3.99. The normalized spacial score (nSPS) is 14.6. The Morgan fingerprint density at radius 2 is 1.48 bits per heavy atom. The van der Waals surface area contributed by atoms with E-state index in [-0.39, 0.29) is 10.5 Å². The SMILES string of the molecule is CCc1ccccc1N.CCc1ccccc1N=Cc1c(C)[nH]n(-c2ccc(S(=O)(=O)N3CCN(C)CC3)cc2)c1=O. The molecule has 10 heteroatoms. The van der Waals surface area contributed by atoms with Crippen LogP contribution in [-0.2, 0) is 22.9 Å². The van der Waals surface area contributed by atoms with E-state index in [0.29, 0.717) is 43.1 Å². The zero-order valence-electron chi connectivity index (χ0n) is 24.7. The number of piperazine rings is 1. The molecule has 2 heterocycles. The Morgan fingerprint density at radius 3 is 2.07 bits per heavy atom. The summed E-state index contributed by atoms with van der Waals surface area (Å²) in [5.41, 5.74) is 11.2. The zero-order chi connectivity index (χ0) is 30.3. The van der Waals surface area contributed by atoms with Gasteiger partial charge < -0.3 is 10.6 Å². The number of anilines is 1. The van der Waals surface area contributed by atoms with Crippen molar-refractivity contribution in [3.63, 3.8) is 0 Å². The second-order valence-electron chi connectivity index (χ2n) is 10.3. The van der Waals surface area contributed by atoms with Gasteiger partial charge in [-0.1, -0.05) is 50.2 Å². The van der Waals surface area contributed by atoms with Crippen LogP contribution in [0.1, 0.15) is 36.2 Å². The number of sulfonamides is 1. The van der Waals surface area contributed by atoms with Crippen molar-refractivity contribution in [2.75, 3.05) is 39.0 Å². The minimum absolute atomic E-state index is 0.227. The van der Waals surface area contributed by atoms with E-state index in [2.05, 4.69) is 34.9 Å². The van der Waals surface area contributed by atoms with Crippen LogP contribution in [-0.4, -0.2) is 66.8 Å². The molecule has 5 rings (SSSR count). The van der Waals surface area contributed by atoms with Crippen LogP contribution >= 0.6 is 0 Å². The number of hydrogen-bond acceptors (Lipinski definition) is 6. The summed E-state index contributed by atoms with van der Waals surface area (Å²) in [6.45, 7) is 8.35. The van der Waals surface area contributed by atoms with Crippen molar-refractivity contribution < 1.29 is 8.42 Å². The van der Waals surface area contributed by atoms with E-state index in [4.69, 9.17) is 5.73 Å². The summed E-state index contributed by atoms with van der Waals surface area (Å²) in [6, 6.07) is 22.2. The molecule has 1 aliphatic rings. The lowest BCUT2D eigenvalue weighted by Gasteiger charge is -2.31. The number of nitrogens with zero attached hydrogens (tertiary/aromatic N) is 4. The highest BCUT2D eigenvalue weighted by Crippen LogP contribution is 2.21. The maximum absolute atomic E-state index is 13.0. The van der Waals surface area contributed by atoms with Gasteiger partial charge in [0.1, 0.15) is 0 Å². The van der Waals surface area contributed by atoms with Crippen LogP contribution in [0.2, 0.25) is 0 Å². The molecule has 1 saturated heterocycles. The largest absolute Gasteiger partial charge is 0.399 e. The van der Waals surface area contributed by atoms with E-state index in [1.54, 1.807) is 30.5 Å². The Kier molecular flexibility index (Phi) is 10.2. The Morgan fingerprint density at radius 1 is 0.881 bits per heavy atom. The molecule has 0 aliphatic carbocycles. The van der Waals surface area contributed by atoms with Gasteiger partial charge in [0.05, 0.1) is 21.8 Å². The molecule has 4 aromatic rings. The molecule has 9 nitrogen and oxygen atoms in total. The molecule has 222 valence electrons. The number of para-hydroxylation sites is 2. The molecule has 0 bridgehead atoms. The standard InChI is InChI=1S/C24H29N5O3S.C8H11N/c1-4-19-7-5-6-8-23(19)25-17-22-18(2)26-29(24(22)30)20-9-11-21(12-10-20)33(31,32)28-15-13-27(3)14-16-28;1-2-7-5-3-4-6-8(7)9/h5-12,17,26H,4,13-16H2,1-3H3;3-6H,2,9H2,1H3. The first-order valence-electron chi connectivity index (χ1n) is 14.2. The maximum Gasteiger partial charge on any atom is 0.280 e. The summed E-state index contributed by atoms with van der Waals surface area (Å²) in [4.78, 5) is 19.9. The third-order valence-electron chi connectivity index (χ3n) is 7.45. The fourth-order valence-corrected chi connectivity index (χ4v) is 6.19. The predicted molar refractivity (Wildman–Crippen MR) is 171 cm³/mol. The number of aromatic nitrogens is 2. The summed E-state index contributed by atoms with van der Waals surface area (Å²) in [5.74, 6) is 0. The lowest BCUT2D eigenvalue weighted by Crippen LogP contribution is -2.47. The van der Waals surface area contributed by atoms with Crippen LogP contribution in [0, 0.1) is 6.92 Å². The van der Waals surface area contributed by atoms with Gasteiger partial charge in [-0.2, -0.15) is 4.31 Å². The van der Waals surface area contributed by atoms with Crippen LogP contribution in [0.15, 0.2) is 87.5 Å². The monoisotopic (exact) mass is 588 g/mol. The van der Waals surface area contributed by atoms with Gasteiger partial charge in [-0.15, -0.1) is 0 Å². The van der Waals surface area contributed by atoms with Crippen molar-refractivity contribution in [1.29, 1.82) is 0 Å². The number of nitrogens with two attached hydrogens (primary N) is 1. The third kappa shape index (κ3) is 7.07. The van der Waals surface area contributed by atoms with E-state index in [9.17, 15) is 13.2 Å². The topological polar surface area (TPSA) is 117 Å². The van der Waals surface area contributed by atoms with E-state index < -0.39 is 10.0 Å². The first-order valence-corrected chi connectivity index (χ1v) is 15.7. The summed E-state index contributed by atoms with van der Waals surface area (Å²) < 4.78 is 28.8. The minimum atomic E-state index is -3.56. The van der Waals surface area contributed by atoms with Crippen LogP contribution < -0.4 is 11.3 Å². The Balaban J connectivity index is 0.000000385. The number of nitrogens with one attached hydrogen (secondary N) is 1. The highest BCUT2D eigenvalue weighted by molar-refractivity contribution is 7.89. The molecule has 0 spiro atoms. The van der Waals surface area contributed by atoms with Crippen LogP contribution in [0.25, 0.3) is 5.69 Å². The lowest BCUT2D eigenvalue weighted by atomic mass is 10.1. The molecular weight excluding hydrogens is 548 g/mol. The summed E-state index contributed by atoms with van der Waals surface area (Å²) in [7, 11) is -1.57. The van der Waals surface area contributed by atoms with E-state index in [1.807, 2.05) is 56.4 Å². The van der Waals surface area contributed by atoms with Gasteiger partial charge in [-0.05, 0) is 74.3 Å². The molecule has 3 aromatic carbocycles. The number of aliphatic imine (C=N–C) groups is 1. The van der Waals surface area contributed by atoms with Gasteiger partial charge in [0.25, 0.3) is 5.56 Å². The Bertz CT molecular complexity index is 1680. The molecule has 0 radical (unpaired) electrons. The number of nitrogen functional groups attached to an aromatic ring is 1. The number of likely N-dealkylation sites (N-methyl/N-ethyl adjacent to an activating group) is 1. The summed E-state index contributed by atoms with van der Waals surface area (Å²) in [6.07, 6.45) is 3.46. The first kappa shape index (κ1) is 31.0. The highest BCUT2D eigenvalue weighted by atomic mass is 32.2. The van der Waals surface area contributed by atoms with Crippen molar-refractivity contribution in [1.82, 2.24) is 19.0 Å². The second kappa shape index (κ2) is 13.8. The molecule has 1 aliphatic heterocycles. The number of aromatic amines is 1. The lowest BCUT2D eigenvalue weighted by molar-refractivity contribution is 0.222. The fourth-order valence-electron chi connectivity index (χ4n) is 4.76. The van der Waals surface area contributed by atoms with Crippen molar-refractivity contribution in [2.45, 2.75) is 38.5 Å². The van der Waals surface area contributed by atoms with Crippen LogP contribution in [0.4, 0.5) is 11.4 Å². The van der Waals surface area contributed by atoms with E-state index in [1.165, 1.54) is 14.6 Å². The van der Waals surface area contributed by atoms with Gasteiger partial charge in [0.15, 0.2) is 0 Å². The molecule has 0 amide bonds. The van der Waals surface area contributed by atoms with Crippen molar-refractivity contribution in [3.8, 4) is 5.69 Å². The average Bonchev–Trinajstić information content (AvgIpc) is 3.29. The number of hydrogen-bond donors (Lipinski definition) is 2. The second-order valence-corrected chi connectivity index (χ2v) is 12.2. The van der Waals surface area contributed by atoms with Crippen molar-refractivity contribution in [3.05, 3.63) is 106 Å². The molecule has 0 unspecified atom stereocenters. The molecule has 42 heavy (non-hydrogen) atoms. The van der Waals surface area contributed by atoms with Crippen LogP contribution in [0.3, 0.4) is 0 Å². The Labute approximate surface area is 248 Å². The third-order valence-corrected chi connectivity index (χ3v) is 9.37. The quantitative estimate of drug-likeness (QED) is 0.243. The molecule has 1 aromatic heterocycles. The smallest absolute Gasteiger partial charge is 0.280 e. The maximum atomic E-state index is 13.0. The molecule has 1 fully saturated rings.